The van der Waals surface area contributed by atoms with Crippen molar-refractivity contribution in [2.45, 2.75) is 38.8 Å². The van der Waals surface area contributed by atoms with Crippen LogP contribution in [0.25, 0.3) is 0 Å². The van der Waals surface area contributed by atoms with E-state index in [-0.39, 0.29) is 17.6 Å². The number of rotatable bonds is 3. The van der Waals surface area contributed by atoms with Gasteiger partial charge in [-0.15, -0.1) is 0 Å². The van der Waals surface area contributed by atoms with Crippen LogP contribution in [-0.4, -0.2) is 32.3 Å². The molecule has 22 heavy (non-hydrogen) atoms. The van der Waals surface area contributed by atoms with Gasteiger partial charge in [-0.25, -0.2) is 4.68 Å². The number of halogens is 2. The molecule has 1 amide bonds. The van der Waals surface area contributed by atoms with Gasteiger partial charge in [-0.2, -0.15) is 13.9 Å². The summed E-state index contributed by atoms with van der Waals surface area (Å²) in [5.74, 6) is 0.319. The number of amides is 1. The maximum Gasteiger partial charge on any atom is 0.333 e. The van der Waals surface area contributed by atoms with Crippen LogP contribution in [-0.2, 0) is 0 Å². The summed E-state index contributed by atoms with van der Waals surface area (Å²) >= 11 is 0. The van der Waals surface area contributed by atoms with E-state index < -0.39 is 6.55 Å². The van der Waals surface area contributed by atoms with Gasteiger partial charge in [-0.05, 0) is 32.3 Å². The standard InChI is InChI=1S/C14H16F2N4O2/c1-9-8-11(18-22-9)12-4-2-3-6-19(12)13(21)10-5-7-20(17-10)14(15)16/h5,7-8,12,14H,2-4,6H2,1H3. The van der Waals surface area contributed by atoms with Gasteiger partial charge in [0.1, 0.15) is 11.5 Å². The summed E-state index contributed by atoms with van der Waals surface area (Å²) in [5, 5.41) is 7.63. The van der Waals surface area contributed by atoms with Crippen molar-refractivity contribution in [3.05, 3.63) is 35.5 Å². The number of carbonyl (C=O) groups excluding carboxylic acids is 1. The SMILES string of the molecule is Cc1cc(C2CCCCN2C(=O)c2ccn(C(F)F)n2)no1. The number of carbonyl (C=O) groups is 1. The van der Waals surface area contributed by atoms with Crippen LogP contribution in [0.4, 0.5) is 8.78 Å². The highest BCUT2D eigenvalue weighted by molar-refractivity contribution is 5.92. The molecule has 6 nitrogen and oxygen atoms in total. The minimum Gasteiger partial charge on any atom is -0.361 e. The number of aryl methyl sites for hydroxylation is 1. The number of hydrogen-bond donors (Lipinski definition) is 0. The van der Waals surface area contributed by atoms with E-state index in [2.05, 4.69) is 10.3 Å². The van der Waals surface area contributed by atoms with Crippen molar-refractivity contribution in [3.63, 3.8) is 0 Å². The lowest BCUT2D eigenvalue weighted by Gasteiger charge is -2.34. The predicted molar refractivity (Wildman–Crippen MR) is 72.3 cm³/mol. The number of nitrogens with zero attached hydrogens (tertiary/aromatic N) is 4. The van der Waals surface area contributed by atoms with E-state index in [9.17, 15) is 13.6 Å². The Morgan fingerprint density at radius 3 is 2.91 bits per heavy atom. The number of hydrogen-bond acceptors (Lipinski definition) is 4. The normalized spacial score (nSPS) is 18.9. The van der Waals surface area contributed by atoms with Gasteiger partial charge in [0.25, 0.3) is 5.91 Å². The molecule has 8 heteroatoms. The Morgan fingerprint density at radius 1 is 1.45 bits per heavy atom. The third-order valence-electron chi connectivity index (χ3n) is 3.78. The highest BCUT2D eigenvalue weighted by Crippen LogP contribution is 2.31. The molecule has 1 aliphatic rings. The number of aromatic nitrogens is 3. The summed E-state index contributed by atoms with van der Waals surface area (Å²) in [5.41, 5.74) is 0.714. The van der Waals surface area contributed by atoms with E-state index in [1.54, 1.807) is 17.9 Å². The highest BCUT2D eigenvalue weighted by atomic mass is 19.3. The first kappa shape index (κ1) is 14.7. The van der Waals surface area contributed by atoms with Crippen LogP contribution in [0.3, 0.4) is 0 Å². The molecule has 3 heterocycles. The fourth-order valence-corrected chi connectivity index (χ4v) is 2.73. The highest BCUT2D eigenvalue weighted by Gasteiger charge is 2.32. The Hall–Kier alpha value is -2.25. The lowest BCUT2D eigenvalue weighted by atomic mass is 9.98. The summed E-state index contributed by atoms with van der Waals surface area (Å²) in [6.45, 7) is -0.413. The lowest BCUT2D eigenvalue weighted by Crippen LogP contribution is -2.39. The van der Waals surface area contributed by atoms with E-state index in [4.69, 9.17) is 4.52 Å². The first-order valence-electron chi connectivity index (χ1n) is 7.14. The van der Waals surface area contributed by atoms with Crippen molar-refractivity contribution in [1.82, 2.24) is 19.8 Å². The smallest absolute Gasteiger partial charge is 0.333 e. The maximum atomic E-state index is 12.6. The zero-order valence-corrected chi connectivity index (χ0v) is 12.1. The molecule has 1 saturated heterocycles. The van der Waals surface area contributed by atoms with Gasteiger partial charge in [0.15, 0.2) is 5.69 Å². The molecular formula is C14H16F2N4O2. The molecule has 0 N–H and O–H groups in total. The molecule has 1 unspecified atom stereocenters. The molecule has 1 fully saturated rings. The summed E-state index contributed by atoms with van der Waals surface area (Å²) in [4.78, 5) is 14.2. The molecule has 118 valence electrons. The van der Waals surface area contributed by atoms with E-state index in [0.29, 0.717) is 22.7 Å². The van der Waals surface area contributed by atoms with Gasteiger partial charge in [0.2, 0.25) is 0 Å². The summed E-state index contributed by atoms with van der Waals surface area (Å²) in [6.07, 6.45) is 3.73. The Morgan fingerprint density at radius 2 is 2.27 bits per heavy atom. The molecule has 0 aromatic carbocycles. The second kappa shape index (κ2) is 5.86. The minimum atomic E-state index is -2.75. The van der Waals surface area contributed by atoms with Crippen LogP contribution in [0.15, 0.2) is 22.9 Å². The first-order chi connectivity index (χ1) is 10.6. The Balaban J connectivity index is 1.84. The van der Waals surface area contributed by atoms with Gasteiger partial charge in [0.05, 0.1) is 6.04 Å². The molecule has 0 spiro atoms. The van der Waals surface area contributed by atoms with Crippen LogP contribution < -0.4 is 0 Å². The zero-order chi connectivity index (χ0) is 15.7. The zero-order valence-electron chi connectivity index (χ0n) is 12.1. The van der Waals surface area contributed by atoms with Crippen molar-refractivity contribution in [1.29, 1.82) is 0 Å². The fourth-order valence-electron chi connectivity index (χ4n) is 2.73. The van der Waals surface area contributed by atoms with E-state index in [1.807, 2.05) is 0 Å². The number of likely N-dealkylation sites (tertiary alicyclic amines) is 1. The largest absolute Gasteiger partial charge is 0.361 e. The maximum absolute atomic E-state index is 12.6. The van der Waals surface area contributed by atoms with Crippen molar-refractivity contribution >= 4 is 5.91 Å². The third-order valence-corrected chi connectivity index (χ3v) is 3.78. The van der Waals surface area contributed by atoms with Crippen LogP contribution in [0.2, 0.25) is 0 Å². The second-order valence-corrected chi connectivity index (χ2v) is 5.33. The van der Waals surface area contributed by atoms with E-state index >= 15 is 0 Å². The molecule has 0 radical (unpaired) electrons. The van der Waals surface area contributed by atoms with Crippen LogP contribution in [0, 0.1) is 6.92 Å². The Labute approximate surface area is 125 Å². The van der Waals surface area contributed by atoms with Gasteiger partial charge in [0, 0.05) is 18.8 Å². The van der Waals surface area contributed by atoms with Gasteiger partial charge < -0.3 is 9.42 Å². The minimum absolute atomic E-state index is 0.0208. The van der Waals surface area contributed by atoms with Crippen molar-refractivity contribution in [2.75, 3.05) is 6.54 Å². The molecule has 2 aromatic heterocycles. The van der Waals surface area contributed by atoms with Crippen molar-refractivity contribution in [2.24, 2.45) is 0 Å². The number of piperidine rings is 1. The molecule has 3 rings (SSSR count). The van der Waals surface area contributed by atoms with Crippen LogP contribution >= 0.6 is 0 Å². The van der Waals surface area contributed by atoms with Gasteiger partial charge in [-0.3, -0.25) is 4.79 Å². The topological polar surface area (TPSA) is 64.2 Å². The summed E-state index contributed by atoms with van der Waals surface area (Å²) < 4.78 is 30.7. The monoisotopic (exact) mass is 310 g/mol. The van der Waals surface area contributed by atoms with Crippen LogP contribution in [0.5, 0.6) is 0 Å². The molecule has 0 bridgehead atoms. The van der Waals surface area contributed by atoms with Crippen LogP contribution in [0.1, 0.15) is 53.8 Å². The third kappa shape index (κ3) is 2.72. The Bertz CT molecular complexity index is 667. The second-order valence-electron chi connectivity index (χ2n) is 5.33. The molecule has 0 saturated carbocycles. The molecule has 1 atom stereocenters. The van der Waals surface area contributed by atoms with Gasteiger partial charge >= 0.3 is 6.55 Å². The summed E-state index contributed by atoms with van der Waals surface area (Å²) in [6, 6.07) is 2.91. The molecular weight excluding hydrogens is 294 g/mol. The number of alkyl halides is 2. The van der Waals surface area contributed by atoms with Crippen molar-refractivity contribution < 1.29 is 18.1 Å². The van der Waals surface area contributed by atoms with E-state index in [0.717, 1.165) is 25.5 Å². The Kier molecular flexibility index (Phi) is 3.91. The van der Waals surface area contributed by atoms with Gasteiger partial charge in [-0.1, -0.05) is 5.16 Å². The fraction of sp³-hybridized carbons (Fsp3) is 0.500. The average Bonchev–Trinajstić information content (AvgIpc) is 3.15. The van der Waals surface area contributed by atoms with Crippen molar-refractivity contribution in [3.8, 4) is 0 Å². The molecule has 0 aliphatic carbocycles. The first-order valence-corrected chi connectivity index (χ1v) is 7.14. The predicted octanol–water partition coefficient (Wildman–Crippen LogP) is 2.94. The lowest BCUT2D eigenvalue weighted by molar-refractivity contribution is 0.0524. The average molecular weight is 310 g/mol. The quantitative estimate of drug-likeness (QED) is 0.874. The molecule has 2 aromatic rings. The van der Waals surface area contributed by atoms with E-state index in [1.165, 1.54) is 6.07 Å². The summed E-state index contributed by atoms with van der Waals surface area (Å²) in [7, 11) is 0. The molecule has 1 aliphatic heterocycles.